The maximum absolute atomic E-state index is 12.5. The van der Waals surface area contributed by atoms with Crippen molar-refractivity contribution in [1.29, 1.82) is 0 Å². The number of amides is 1. The largest absolute Gasteiger partial charge is 0.339 e. The summed E-state index contributed by atoms with van der Waals surface area (Å²) >= 11 is 0. The lowest BCUT2D eigenvalue weighted by atomic mass is 10.0. The van der Waals surface area contributed by atoms with Gasteiger partial charge < -0.3 is 4.90 Å². The van der Waals surface area contributed by atoms with Gasteiger partial charge in [-0.1, -0.05) is 12.1 Å². The topological polar surface area (TPSA) is 66.5 Å². The van der Waals surface area contributed by atoms with E-state index >= 15 is 0 Å². The predicted molar refractivity (Wildman–Crippen MR) is 86.0 cm³/mol. The Bertz CT molecular complexity index is 643. The molecule has 122 valence electrons. The fraction of sp³-hybridized carbons (Fsp3) is 0.562. The zero-order chi connectivity index (χ0) is 16.3. The molecule has 2 rings (SSSR count). The molecule has 0 aromatic heterocycles. The van der Waals surface area contributed by atoms with Crippen LogP contribution < -0.4 is 4.72 Å². The summed E-state index contributed by atoms with van der Waals surface area (Å²) in [6.07, 6.45) is 3.07. The van der Waals surface area contributed by atoms with Crippen LogP contribution in [0.5, 0.6) is 0 Å². The Kier molecular flexibility index (Phi) is 5.24. The van der Waals surface area contributed by atoms with Crippen molar-refractivity contribution in [1.82, 2.24) is 9.62 Å². The highest BCUT2D eigenvalue weighted by Gasteiger charge is 2.29. The van der Waals surface area contributed by atoms with Crippen LogP contribution in [0.25, 0.3) is 0 Å². The monoisotopic (exact) mass is 324 g/mol. The third kappa shape index (κ3) is 3.87. The first-order chi connectivity index (χ1) is 10.3. The molecule has 0 radical (unpaired) electrons. The van der Waals surface area contributed by atoms with Gasteiger partial charge in [0.25, 0.3) is 0 Å². The molecule has 1 aromatic carbocycles. The molecular formula is C16H24N2O3S. The van der Waals surface area contributed by atoms with Crippen LogP contribution in [0, 0.1) is 6.92 Å². The highest BCUT2D eigenvalue weighted by molar-refractivity contribution is 7.89. The highest BCUT2D eigenvalue weighted by atomic mass is 32.2. The molecule has 0 aliphatic carbocycles. The molecule has 1 aliphatic rings. The van der Waals surface area contributed by atoms with Gasteiger partial charge in [0, 0.05) is 12.6 Å². The second kappa shape index (κ2) is 6.79. The Morgan fingerprint density at radius 2 is 2.09 bits per heavy atom. The Balaban J connectivity index is 2.10. The minimum absolute atomic E-state index is 0.150. The van der Waals surface area contributed by atoms with E-state index in [1.54, 1.807) is 24.0 Å². The van der Waals surface area contributed by atoms with E-state index in [0.29, 0.717) is 6.54 Å². The molecule has 1 N–H and O–H groups in total. The SMILES string of the molecule is Cc1cccc(S(=O)(=O)NC(C)C(=O)N2CCCCC2C)c1. The summed E-state index contributed by atoms with van der Waals surface area (Å²) < 4.78 is 27.3. The molecule has 1 fully saturated rings. The lowest BCUT2D eigenvalue weighted by molar-refractivity contribution is -0.135. The van der Waals surface area contributed by atoms with E-state index in [9.17, 15) is 13.2 Å². The van der Waals surface area contributed by atoms with Gasteiger partial charge in [0.05, 0.1) is 10.9 Å². The fourth-order valence-electron chi connectivity index (χ4n) is 2.81. The molecule has 6 heteroatoms. The molecular weight excluding hydrogens is 300 g/mol. The van der Waals surface area contributed by atoms with Crippen LogP contribution in [0.1, 0.15) is 38.7 Å². The zero-order valence-corrected chi connectivity index (χ0v) is 14.2. The molecule has 0 saturated carbocycles. The molecule has 0 spiro atoms. The third-order valence-corrected chi connectivity index (χ3v) is 5.63. The van der Waals surface area contributed by atoms with Crippen molar-refractivity contribution in [3.05, 3.63) is 29.8 Å². The average Bonchev–Trinajstić information content (AvgIpc) is 2.46. The van der Waals surface area contributed by atoms with Crippen LogP contribution in [0.15, 0.2) is 29.2 Å². The Morgan fingerprint density at radius 1 is 1.36 bits per heavy atom. The summed E-state index contributed by atoms with van der Waals surface area (Å²) in [5.74, 6) is -0.150. The van der Waals surface area contributed by atoms with Gasteiger partial charge in [-0.2, -0.15) is 4.72 Å². The van der Waals surface area contributed by atoms with E-state index in [1.807, 2.05) is 19.9 Å². The predicted octanol–water partition coefficient (Wildman–Crippen LogP) is 2.06. The van der Waals surface area contributed by atoms with E-state index in [2.05, 4.69) is 4.72 Å². The van der Waals surface area contributed by atoms with E-state index in [1.165, 1.54) is 6.07 Å². The molecule has 2 atom stereocenters. The van der Waals surface area contributed by atoms with Crippen molar-refractivity contribution >= 4 is 15.9 Å². The van der Waals surface area contributed by atoms with Crippen LogP contribution in [0.2, 0.25) is 0 Å². The van der Waals surface area contributed by atoms with Crippen molar-refractivity contribution in [3.63, 3.8) is 0 Å². The van der Waals surface area contributed by atoms with Gasteiger partial charge in [0.1, 0.15) is 0 Å². The number of hydrogen-bond acceptors (Lipinski definition) is 3. The summed E-state index contributed by atoms with van der Waals surface area (Å²) in [7, 11) is -3.68. The van der Waals surface area contributed by atoms with Gasteiger partial charge in [-0.25, -0.2) is 8.42 Å². The van der Waals surface area contributed by atoms with Crippen LogP contribution >= 0.6 is 0 Å². The van der Waals surface area contributed by atoms with Crippen LogP contribution in [0.3, 0.4) is 0 Å². The average molecular weight is 324 g/mol. The molecule has 1 aliphatic heterocycles. The van der Waals surface area contributed by atoms with E-state index in [-0.39, 0.29) is 16.8 Å². The quantitative estimate of drug-likeness (QED) is 0.922. The first-order valence-corrected chi connectivity index (χ1v) is 9.19. The van der Waals surface area contributed by atoms with Gasteiger partial charge >= 0.3 is 0 Å². The smallest absolute Gasteiger partial charge is 0.241 e. The Morgan fingerprint density at radius 3 is 2.73 bits per heavy atom. The van der Waals surface area contributed by atoms with Gasteiger partial charge in [0.2, 0.25) is 15.9 Å². The lowest BCUT2D eigenvalue weighted by Crippen LogP contribution is -2.51. The fourth-order valence-corrected chi connectivity index (χ4v) is 4.11. The highest BCUT2D eigenvalue weighted by Crippen LogP contribution is 2.18. The molecule has 1 heterocycles. The maximum Gasteiger partial charge on any atom is 0.241 e. The number of nitrogens with one attached hydrogen (secondary N) is 1. The van der Waals surface area contributed by atoms with Gasteiger partial charge in [-0.3, -0.25) is 4.79 Å². The molecule has 1 amide bonds. The van der Waals surface area contributed by atoms with Crippen molar-refractivity contribution in [2.75, 3.05) is 6.54 Å². The van der Waals surface area contributed by atoms with E-state index in [0.717, 1.165) is 24.8 Å². The second-order valence-corrected chi connectivity index (χ2v) is 7.75. The van der Waals surface area contributed by atoms with Crippen LogP contribution in [0.4, 0.5) is 0 Å². The maximum atomic E-state index is 12.5. The minimum atomic E-state index is -3.68. The number of benzene rings is 1. The first-order valence-electron chi connectivity index (χ1n) is 7.71. The Hall–Kier alpha value is -1.40. The van der Waals surface area contributed by atoms with Crippen molar-refractivity contribution < 1.29 is 13.2 Å². The van der Waals surface area contributed by atoms with Crippen molar-refractivity contribution in [3.8, 4) is 0 Å². The molecule has 1 aromatic rings. The van der Waals surface area contributed by atoms with Gasteiger partial charge in [-0.15, -0.1) is 0 Å². The summed E-state index contributed by atoms with van der Waals surface area (Å²) in [4.78, 5) is 14.5. The summed E-state index contributed by atoms with van der Waals surface area (Å²) in [5, 5.41) is 0. The summed E-state index contributed by atoms with van der Waals surface area (Å²) in [6.45, 7) is 6.16. The number of hydrogen-bond donors (Lipinski definition) is 1. The van der Waals surface area contributed by atoms with Crippen LogP contribution in [-0.4, -0.2) is 37.9 Å². The minimum Gasteiger partial charge on any atom is -0.339 e. The number of rotatable bonds is 4. The van der Waals surface area contributed by atoms with Gasteiger partial charge in [0.15, 0.2) is 0 Å². The molecule has 2 unspecified atom stereocenters. The molecule has 5 nitrogen and oxygen atoms in total. The number of likely N-dealkylation sites (tertiary alicyclic amines) is 1. The molecule has 22 heavy (non-hydrogen) atoms. The van der Waals surface area contributed by atoms with E-state index < -0.39 is 16.1 Å². The number of piperidine rings is 1. The van der Waals surface area contributed by atoms with Crippen molar-refractivity contribution in [2.45, 2.75) is 57.0 Å². The van der Waals surface area contributed by atoms with Gasteiger partial charge in [-0.05, 0) is 57.7 Å². The zero-order valence-electron chi connectivity index (χ0n) is 13.4. The lowest BCUT2D eigenvalue weighted by Gasteiger charge is -2.35. The summed E-state index contributed by atoms with van der Waals surface area (Å²) in [5.41, 5.74) is 0.867. The third-order valence-electron chi connectivity index (χ3n) is 4.09. The second-order valence-electron chi connectivity index (χ2n) is 6.04. The number of sulfonamides is 1. The number of aryl methyl sites for hydroxylation is 1. The van der Waals surface area contributed by atoms with Crippen molar-refractivity contribution in [2.24, 2.45) is 0 Å². The van der Waals surface area contributed by atoms with E-state index in [4.69, 9.17) is 0 Å². The number of carbonyl (C=O) groups is 1. The molecule has 1 saturated heterocycles. The Labute approximate surface area is 132 Å². The summed E-state index contributed by atoms with van der Waals surface area (Å²) in [6, 6.07) is 6.09. The number of carbonyl (C=O) groups excluding carboxylic acids is 1. The standard InChI is InChI=1S/C16H24N2O3S/c1-12-7-6-9-15(11-12)22(20,21)17-14(3)16(19)18-10-5-4-8-13(18)2/h6-7,9,11,13-14,17H,4-5,8,10H2,1-3H3. The molecule has 0 bridgehead atoms. The normalized spacial score (nSPS) is 20.7. The van der Waals surface area contributed by atoms with Crippen LogP contribution in [-0.2, 0) is 14.8 Å². The number of nitrogens with zero attached hydrogens (tertiary/aromatic N) is 1. The first kappa shape index (κ1) is 17.0.